The Kier molecular flexibility index (Phi) is 4.00. The van der Waals surface area contributed by atoms with Crippen LogP contribution in [0.4, 0.5) is 10.1 Å². The van der Waals surface area contributed by atoms with Crippen molar-refractivity contribution in [3.63, 3.8) is 0 Å². The molecule has 1 N–H and O–H groups in total. The van der Waals surface area contributed by atoms with Gasteiger partial charge >= 0.3 is 0 Å². The number of rotatable bonds is 2. The average molecular weight is 357 g/mol. The highest BCUT2D eigenvalue weighted by molar-refractivity contribution is 6.38. The fourth-order valence-electron chi connectivity index (χ4n) is 3.56. The minimum absolute atomic E-state index is 0.153. The van der Waals surface area contributed by atoms with Crippen molar-refractivity contribution in [1.82, 2.24) is 4.98 Å². The van der Waals surface area contributed by atoms with E-state index in [-0.39, 0.29) is 5.56 Å². The third-order valence-corrected chi connectivity index (χ3v) is 5.40. The number of nitrogens with one attached hydrogen (secondary N) is 1. The SMILES string of the molecule is O=c1ccc2c(Cl)c(N3CCC(F)(c4ccccc4)CC3)ccc2[nH]1. The highest BCUT2D eigenvalue weighted by Crippen LogP contribution is 2.40. The van der Waals surface area contributed by atoms with E-state index in [1.54, 1.807) is 6.07 Å². The molecule has 128 valence electrons. The molecule has 3 aromatic rings. The Morgan fingerprint density at radius 3 is 2.44 bits per heavy atom. The number of aromatic nitrogens is 1. The number of H-pyrrole nitrogens is 1. The first-order valence-electron chi connectivity index (χ1n) is 8.38. The molecule has 2 aromatic carbocycles. The van der Waals surface area contributed by atoms with Gasteiger partial charge in [0, 0.05) is 42.9 Å². The van der Waals surface area contributed by atoms with Crippen molar-refractivity contribution >= 4 is 28.2 Å². The highest BCUT2D eigenvalue weighted by Gasteiger charge is 2.36. The van der Waals surface area contributed by atoms with Crippen molar-refractivity contribution in [2.24, 2.45) is 0 Å². The van der Waals surface area contributed by atoms with Crippen molar-refractivity contribution < 1.29 is 4.39 Å². The number of piperidine rings is 1. The number of aromatic amines is 1. The average Bonchev–Trinajstić information content (AvgIpc) is 2.64. The summed E-state index contributed by atoms with van der Waals surface area (Å²) < 4.78 is 15.3. The molecule has 25 heavy (non-hydrogen) atoms. The van der Waals surface area contributed by atoms with Gasteiger partial charge in [-0.25, -0.2) is 4.39 Å². The highest BCUT2D eigenvalue weighted by atomic mass is 35.5. The Morgan fingerprint density at radius 2 is 1.72 bits per heavy atom. The first kappa shape index (κ1) is 16.2. The fourth-order valence-corrected chi connectivity index (χ4v) is 3.91. The van der Waals surface area contributed by atoms with Gasteiger partial charge in [-0.1, -0.05) is 41.9 Å². The molecule has 1 aliphatic heterocycles. The normalized spacial score (nSPS) is 17.0. The molecule has 0 unspecified atom stereocenters. The fraction of sp³-hybridized carbons (Fsp3) is 0.250. The Labute approximate surface area is 150 Å². The Hall–Kier alpha value is -2.33. The molecule has 5 heteroatoms. The second-order valence-electron chi connectivity index (χ2n) is 6.50. The van der Waals surface area contributed by atoms with E-state index < -0.39 is 5.67 Å². The van der Waals surface area contributed by atoms with Crippen LogP contribution in [0, 0.1) is 0 Å². The number of benzene rings is 2. The first-order valence-corrected chi connectivity index (χ1v) is 8.76. The largest absolute Gasteiger partial charge is 0.370 e. The van der Waals surface area contributed by atoms with Crippen LogP contribution in [-0.4, -0.2) is 18.1 Å². The number of pyridine rings is 1. The monoisotopic (exact) mass is 356 g/mol. The summed E-state index contributed by atoms with van der Waals surface area (Å²) in [6, 6.07) is 16.3. The molecule has 1 saturated heterocycles. The molecule has 1 aromatic heterocycles. The van der Waals surface area contributed by atoms with Gasteiger partial charge in [0.1, 0.15) is 5.67 Å². The van der Waals surface area contributed by atoms with Crippen LogP contribution < -0.4 is 10.5 Å². The van der Waals surface area contributed by atoms with Gasteiger partial charge in [0.25, 0.3) is 0 Å². The summed E-state index contributed by atoms with van der Waals surface area (Å²) in [5.74, 6) is 0. The topological polar surface area (TPSA) is 36.1 Å². The maximum Gasteiger partial charge on any atom is 0.248 e. The van der Waals surface area contributed by atoms with Gasteiger partial charge in [-0.3, -0.25) is 4.79 Å². The maximum absolute atomic E-state index is 15.3. The van der Waals surface area contributed by atoms with Crippen LogP contribution in [0.25, 0.3) is 10.9 Å². The molecular formula is C20H18ClFN2O. The number of halogens is 2. The lowest BCUT2D eigenvalue weighted by Crippen LogP contribution is -2.40. The predicted octanol–water partition coefficient (Wildman–Crippen LogP) is 4.65. The third-order valence-electron chi connectivity index (χ3n) is 5.01. The Bertz CT molecular complexity index is 962. The van der Waals surface area contributed by atoms with Crippen LogP contribution in [0.1, 0.15) is 18.4 Å². The van der Waals surface area contributed by atoms with E-state index in [0.717, 1.165) is 16.6 Å². The second-order valence-corrected chi connectivity index (χ2v) is 6.88. The summed E-state index contributed by atoms with van der Waals surface area (Å²) in [7, 11) is 0. The molecule has 0 bridgehead atoms. The summed E-state index contributed by atoms with van der Waals surface area (Å²) >= 11 is 6.56. The summed E-state index contributed by atoms with van der Waals surface area (Å²) in [5, 5.41) is 1.40. The van der Waals surface area contributed by atoms with E-state index in [1.165, 1.54) is 6.07 Å². The van der Waals surface area contributed by atoms with E-state index in [0.29, 0.717) is 36.5 Å². The van der Waals surface area contributed by atoms with Gasteiger partial charge < -0.3 is 9.88 Å². The number of anilines is 1. The van der Waals surface area contributed by atoms with Crippen molar-refractivity contribution in [1.29, 1.82) is 0 Å². The zero-order valence-electron chi connectivity index (χ0n) is 13.6. The molecule has 0 atom stereocenters. The molecule has 0 aliphatic carbocycles. The molecule has 2 heterocycles. The van der Waals surface area contributed by atoms with Crippen LogP contribution in [0.15, 0.2) is 59.4 Å². The molecule has 1 fully saturated rings. The van der Waals surface area contributed by atoms with Crippen molar-refractivity contribution in [3.8, 4) is 0 Å². The lowest BCUT2D eigenvalue weighted by Gasteiger charge is -2.38. The zero-order valence-corrected chi connectivity index (χ0v) is 14.4. The predicted molar refractivity (Wildman–Crippen MR) is 100 cm³/mol. The lowest BCUT2D eigenvalue weighted by atomic mass is 9.86. The zero-order chi connectivity index (χ0) is 17.4. The van der Waals surface area contributed by atoms with Gasteiger partial charge in [0.2, 0.25) is 5.56 Å². The maximum atomic E-state index is 15.3. The van der Waals surface area contributed by atoms with E-state index in [1.807, 2.05) is 42.5 Å². The molecule has 0 spiro atoms. The molecule has 4 rings (SSSR count). The molecule has 0 amide bonds. The first-order chi connectivity index (χ1) is 12.1. The van der Waals surface area contributed by atoms with Crippen molar-refractivity contribution in [3.05, 3.63) is 75.5 Å². The number of hydrogen-bond donors (Lipinski definition) is 1. The number of alkyl halides is 1. The summed E-state index contributed by atoms with van der Waals surface area (Å²) in [5.41, 5.74) is 0.904. The van der Waals surface area contributed by atoms with E-state index in [2.05, 4.69) is 9.88 Å². The minimum Gasteiger partial charge on any atom is -0.370 e. The van der Waals surface area contributed by atoms with Gasteiger partial charge in [-0.15, -0.1) is 0 Å². The Balaban J connectivity index is 1.61. The quantitative estimate of drug-likeness (QED) is 0.725. The molecule has 1 aliphatic rings. The van der Waals surface area contributed by atoms with Crippen molar-refractivity contribution in [2.45, 2.75) is 18.5 Å². The Morgan fingerprint density at radius 1 is 1.00 bits per heavy atom. The number of nitrogens with zero attached hydrogens (tertiary/aromatic N) is 1. The van der Waals surface area contributed by atoms with Crippen molar-refractivity contribution in [2.75, 3.05) is 18.0 Å². The lowest BCUT2D eigenvalue weighted by molar-refractivity contribution is 0.125. The molecular weight excluding hydrogens is 339 g/mol. The van der Waals surface area contributed by atoms with Crippen LogP contribution in [0.5, 0.6) is 0 Å². The second kappa shape index (κ2) is 6.19. The standard InChI is InChI=1S/C20H18ClFN2O/c21-19-15-6-9-18(25)23-16(15)7-8-17(19)24-12-10-20(22,11-13-24)14-4-2-1-3-5-14/h1-9H,10-13H2,(H,23,25). The van der Waals surface area contributed by atoms with Crippen LogP contribution in [0.2, 0.25) is 5.02 Å². The van der Waals surface area contributed by atoms with E-state index >= 15 is 4.39 Å². The van der Waals surface area contributed by atoms with Crippen LogP contribution in [-0.2, 0) is 5.67 Å². The molecule has 3 nitrogen and oxygen atoms in total. The van der Waals surface area contributed by atoms with Gasteiger partial charge in [-0.2, -0.15) is 0 Å². The number of fused-ring (bicyclic) bond motifs is 1. The smallest absolute Gasteiger partial charge is 0.248 e. The summed E-state index contributed by atoms with van der Waals surface area (Å²) in [4.78, 5) is 16.3. The molecule has 0 radical (unpaired) electrons. The van der Waals surface area contributed by atoms with Crippen LogP contribution in [0.3, 0.4) is 0 Å². The van der Waals surface area contributed by atoms with Gasteiger partial charge in [0.15, 0.2) is 0 Å². The molecule has 0 saturated carbocycles. The van der Waals surface area contributed by atoms with Gasteiger partial charge in [0.05, 0.1) is 10.7 Å². The van der Waals surface area contributed by atoms with E-state index in [4.69, 9.17) is 11.6 Å². The summed E-state index contributed by atoms with van der Waals surface area (Å²) in [6.07, 6.45) is 0.855. The van der Waals surface area contributed by atoms with Crippen LogP contribution >= 0.6 is 11.6 Å². The summed E-state index contributed by atoms with van der Waals surface area (Å²) in [6.45, 7) is 1.19. The van der Waals surface area contributed by atoms with E-state index in [9.17, 15) is 4.79 Å². The minimum atomic E-state index is -1.29. The van der Waals surface area contributed by atoms with Gasteiger partial charge in [-0.05, 0) is 23.8 Å². The third kappa shape index (κ3) is 2.91. The number of hydrogen-bond acceptors (Lipinski definition) is 2.